The van der Waals surface area contributed by atoms with Crippen molar-refractivity contribution in [1.82, 2.24) is 5.32 Å². The molecule has 1 amide bonds. The lowest BCUT2D eigenvalue weighted by Crippen LogP contribution is -2.26. The van der Waals surface area contributed by atoms with Gasteiger partial charge in [-0.05, 0) is 30.2 Å². The van der Waals surface area contributed by atoms with Crippen LogP contribution in [0.3, 0.4) is 0 Å². The number of carbonyl (C=O) groups is 1. The smallest absolute Gasteiger partial charge is 0.251 e. The number of amides is 1. The van der Waals surface area contributed by atoms with Crippen LogP contribution < -0.4 is 5.32 Å². The van der Waals surface area contributed by atoms with E-state index in [9.17, 15) is 4.79 Å². The average molecular weight is 266 g/mol. The molecule has 0 aromatic heterocycles. The highest BCUT2D eigenvalue weighted by molar-refractivity contribution is 5.94. The maximum atomic E-state index is 12.1. The fourth-order valence-corrected chi connectivity index (χ4v) is 1.84. The van der Waals surface area contributed by atoms with E-state index in [1.165, 1.54) is 0 Å². The minimum absolute atomic E-state index is 0.0690. The van der Waals surface area contributed by atoms with Gasteiger partial charge in [0.15, 0.2) is 0 Å². The summed E-state index contributed by atoms with van der Waals surface area (Å²) in [6.07, 6.45) is 0. The molecule has 0 aliphatic rings. The van der Waals surface area contributed by atoms with Crippen molar-refractivity contribution in [3.05, 3.63) is 76.2 Å². The first-order chi connectivity index (χ1) is 9.70. The molecule has 0 saturated carbocycles. The van der Waals surface area contributed by atoms with Gasteiger partial charge >= 0.3 is 0 Å². The molecule has 0 radical (unpaired) electrons. The average Bonchev–Trinajstić information content (AvgIpc) is 2.49. The normalized spacial score (nSPS) is 11.2. The molecule has 2 rings (SSSR count). The molecular weight excluding hydrogens is 252 g/mol. The van der Waals surface area contributed by atoms with Gasteiger partial charge in [-0.25, -0.2) is 0 Å². The summed E-state index contributed by atoms with van der Waals surface area (Å²) < 4.78 is 0. The largest absolute Gasteiger partial charge is 0.346 e. The molecule has 0 saturated heterocycles. The third kappa shape index (κ3) is 3.37. The zero-order chi connectivity index (χ0) is 14.4. The third-order valence-corrected chi connectivity index (χ3v) is 2.94. The SMILES string of the molecule is CC(NC(=O)c1ccc(N=[N+]=[N-])cc1)c1ccccc1. The molecule has 5 heteroatoms. The van der Waals surface area contributed by atoms with Crippen LogP contribution in [0.15, 0.2) is 59.7 Å². The monoisotopic (exact) mass is 266 g/mol. The quantitative estimate of drug-likeness (QED) is 0.504. The number of carbonyl (C=O) groups excluding carboxylic acids is 1. The second kappa shape index (κ2) is 6.41. The van der Waals surface area contributed by atoms with Crippen molar-refractivity contribution in [3.8, 4) is 0 Å². The van der Waals surface area contributed by atoms with Gasteiger partial charge in [-0.2, -0.15) is 0 Å². The van der Waals surface area contributed by atoms with Gasteiger partial charge in [-0.15, -0.1) is 0 Å². The summed E-state index contributed by atoms with van der Waals surface area (Å²) in [5.41, 5.74) is 10.4. The topological polar surface area (TPSA) is 77.9 Å². The van der Waals surface area contributed by atoms with E-state index in [0.717, 1.165) is 5.56 Å². The van der Waals surface area contributed by atoms with E-state index >= 15 is 0 Å². The number of rotatable bonds is 4. The Kier molecular flexibility index (Phi) is 4.37. The molecule has 2 aromatic rings. The lowest BCUT2D eigenvalue weighted by molar-refractivity contribution is 0.0940. The Morgan fingerprint density at radius 1 is 1.15 bits per heavy atom. The zero-order valence-corrected chi connectivity index (χ0v) is 11.0. The molecule has 0 heterocycles. The van der Waals surface area contributed by atoms with E-state index in [2.05, 4.69) is 15.3 Å². The molecule has 1 unspecified atom stereocenters. The van der Waals surface area contributed by atoms with Crippen LogP contribution in [0, 0.1) is 0 Å². The molecule has 0 aliphatic heterocycles. The van der Waals surface area contributed by atoms with Crippen LogP contribution in [-0.2, 0) is 0 Å². The summed E-state index contributed by atoms with van der Waals surface area (Å²) in [6.45, 7) is 1.93. The molecule has 20 heavy (non-hydrogen) atoms. The van der Waals surface area contributed by atoms with E-state index in [1.54, 1.807) is 24.3 Å². The van der Waals surface area contributed by atoms with Crippen LogP contribution in [0.2, 0.25) is 0 Å². The van der Waals surface area contributed by atoms with Crippen LogP contribution in [-0.4, -0.2) is 5.91 Å². The van der Waals surface area contributed by atoms with Crippen molar-refractivity contribution in [3.63, 3.8) is 0 Å². The van der Waals surface area contributed by atoms with Crippen LogP contribution in [0.5, 0.6) is 0 Å². The van der Waals surface area contributed by atoms with Crippen molar-refractivity contribution >= 4 is 11.6 Å². The van der Waals surface area contributed by atoms with E-state index in [0.29, 0.717) is 11.3 Å². The molecule has 0 fully saturated rings. The zero-order valence-electron chi connectivity index (χ0n) is 11.0. The van der Waals surface area contributed by atoms with Crippen LogP contribution in [0.25, 0.3) is 10.4 Å². The molecule has 2 aromatic carbocycles. The van der Waals surface area contributed by atoms with E-state index < -0.39 is 0 Å². The van der Waals surface area contributed by atoms with Crippen molar-refractivity contribution in [2.75, 3.05) is 0 Å². The fourth-order valence-electron chi connectivity index (χ4n) is 1.84. The maximum absolute atomic E-state index is 12.1. The molecule has 1 atom stereocenters. The number of hydrogen-bond donors (Lipinski definition) is 1. The summed E-state index contributed by atoms with van der Waals surface area (Å²) in [6, 6.07) is 16.2. The minimum Gasteiger partial charge on any atom is -0.346 e. The summed E-state index contributed by atoms with van der Waals surface area (Å²) in [5.74, 6) is -0.158. The number of hydrogen-bond acceptors (Lipinski definition) is 2. The summed E-state index contributed by atoms with van der Waals surface area (Å²) in [4.78, 5) is 14.8. The predicted octanol–water partition coefficient (Wildman–Crippen LogP) is 4.12. The van der Waals surface area contributed by atoms with Gasteiger partial charge in [0.2, 0.25) is 0 Å². The minimum atomic E-state index is -0.158. The van der Waals surface area contributed by atoms with Gasteiger partial charge in [0.05, 0.1) is 6.04 Å². The molecular formula is C15H14N4O. The Morgan fingerprint density at radius 2 is 1.80 bits per heavy atom. The third-order valence-electron chi connectivity index (χ3n) is 2.94. The highest BCUT2D eigenvalue weighted by Crippen LogP contribution is 2.15. The molecule has 0 aliphatic carbocycles. The van der Waals surface area contributed by atoms with Gasteiger partial charge in [0, 0.05) is 16.2 Å². The Balaban J connectivity index is 2.06. The highest BCUT2D eigenvalue weighted by Gasteiger charge is 2.10. The first-order valence-corrected chi connectivity index (χ1v) is 6.21. The van der Waals surface area contributed by atoms with Crippen LogP contribution in [0.1, 0.15) is 28.9 Å². The van der Waals surface area contributed by atoms with Gasteiger partial charge in [-0.1, -0.05) is 47.6 Å². The summed E-state index contributed by atoms with van der Waals surface area (Å²) in [5, 5.41) is 6.39. The Hall–Kier alpha value is -2.78. The maximum Gasteiger partial charge on any atom is 0.251 e. The summed E-state index contributed by atoms with van der Waals surface area (Å²) in [7, 11) is 0. The molecule has 5 nitrogen and oxygen atoms in total. The molecule has 1 N–H and O–H groups in total. The van der Waals surface area contributed by atoms with E-state index in [4.69, 9.17) is 5.53 Å². The van der Waals surface area contributed by atoms with Gasteiger partial charge in [0.25, 0.3) is 5.91 Å². The molecule has 0 spiro atoms. The highest BCUT2D eigenvalue weighted by atomic mass is 16.1. The van der Waals surface area contributed by atoms with Crippen molar-refractivity contribution in [2.24, 2.45) is 5.11 Å². The second-order valence-corrected chi connectivity index (χ2v) is 4.34. The van der Waals surface area contributed by atoms with E-state index in [1.807, 2.05) is 37.3 Å². The van der Waals surface area contributed by atoms with Crippen molar-refractivity contribution in [1.29, 1.82) is 0 Å². The van der Waals surface area contributed by atoms with Crippen molar-refractivity contribution < 1.29 is 4.79 Å². The number of nitrogens with one attached hydrogen (secondary N) is 1. The summed E-state index contributed by atoms with van der Waals surface area (Å²) >= 11 is 0. The number of nitrogens with zero attached hydrogens (tertiary/aromatic N) is 3. The van der Waals surface area contributed by atoms with Crippen LogP contribution >= 0.6 is 0 Å². The fraction of sp³-hybridized carbons (Fsp3) is 0.133. The lowest BCUT2D eigenvalue weighted by atomic mass is 10.1. The molecule has 0 bridgehead atoms. The van der Waals surface area contributed by atoms with E-state index in [-0.39, 0.29) is 11.9 Å². The lowest BCUT2D eigenvalue weighted by Gasteiger charge is -2.14. The Bertz CT molecular complexity index is 631. The second-order valence-electron chi connectivity index (χ2n) is 4.34. The Labute approximate surface area is 116 Å². The number of azide groups is 1. The van der Waals surface area contributed by atoms with Gasteiger partial charge < -0.3 is 5.32 Å². The first kappa shape index (κ1) is 13.6. The predicted molar refractivity (Wildman–Crippen MR) is 77.6 cm³/mol. The molecule has 100 valence electrons. The standard InChI is InChI=1S/C15H14N4O/c1-11(12-5-3-2-4-6-12)17-15(20)13-7-9-14(10-8-13)18-19-16/h2-11H,1H3,(H,17,20). The van der Waals surface area contributed by atoms with Crippen molar-refractivity contribution in [2.45, 2.75) is 13.0 Å². The Morgan fingerprint density at radius 3 is 2.40 bits per heavy atom. The van der Waals surface area contributed by atoms with Gasteiger partial charge in [0.1, 0.15) is 0 Å². The van der Waals surface area contributed by atoms with Gasteiger partial charge in [-0.3, -0.25) is 4.79 Å². The van der Waals surface area contributed by atoms with Crippen LogP contribution in [0.4, 0.5) is 5.69 Å². The first-order valence-electron chi connectivity index (χ1n) is 6.21. The number of benzene rings is 2.